The molecule has 23 heavy (non-hydrogen) atoms. The zero-order chi connectivity index (χ0) is 16.1. The van der Waals surface area contributed by atoms with Crippen LogP contribution in [0, 0.1) is 0 Å². The molecule has 0 bridgehead atoms. The normalized spacial score (nSPS) is 12.7. The van der Waals surface area contributed by atoms with Gasteiger partial charge in [0.25, 0.3) is 0 Å². The molecule has 0 saturated carbocycles. The molecular weight excluding hydrogens is 286 g/mol. The monoisotopic (exact) mass is 309 g/mol. The molecule has 0 heterocycles. The van der Waals surface area contributed by atoms with E-state index in [-0.39, 0.29) is 11.9 Å². The maximum Gasteiger partial charge on any atom is 0.305 e. The number of carbonyl (C=O) groups is 1. The molecule has 0 fully saturated rings. The van der Waals surface area contributed by atoms with Gasteiger partial charge in [0.1, 0.15) is 6.61 Å². The summed E-state index contributed by atoms with van der Waals surface area (Å²) in [5.74, 6) is 0.0617. The van der Waals surface area contributed by atoms with Crippen LogP contribution in [0.1, 0.15) is 36.3 Å². The number of unbranched alkanes of at least 4 members (excludes halogenated alkanes) is 1. The lowest BCUT2D eigenvalue weighted by molar-refractivity contribution is -0.144. The van der Waals surface area contributed by atoms with Gasteiger partial charge in [-0.25, -0.2) is 0 Å². The summed E-state index contributed by atoms with van der Waals surface area (Å²) in [6.45, 7) is 1.37. The summed E-state index contributed by atoms with van der Waals surface area (Å²) in [7, 11) is 1.92. The lowest BCUT2D eigenvalue weighted by Gasteiger charge is -2.14. The van der Waals surface area contributed by atoms with E-state index in [2.05, 4.69) is 53.8 Å². The standard InChI is InChI=1S/C20H23NO2/c1-21-13-7-6-12-20(22)23-14-19-17-10-4-2-8-15(17)16-9-3-5-11-18(16)19/h2-5,8-11,19,21H,6-7,12-14H2,1H3. The Morgan fingerprint density at radius 2 is 1.61 bits per heavy atom. The van der Waals surface area contributed by atoms with Crippen molar-refractivity contribution in [1.82, 2.24) is 5.32 Å². The van der Waals surface area contributed by atoms with Gasteiger partial charge in [-0.15, -0.1) is 0 Å². The van der Waals surface area contributed by atoms with Crippen molar-refractivity contribution < 1.29 is 9.53 Å². The van der Waals surface area contributed by atoms with E-state index in [0.717, 1.165) is 19.4 Å². The van der Waals surface area contributed by atoms with Crippen LogP contribution in [0.25, 0.3) is 11.1 Å². The van der Waals surface area contributed by atoms with Crippen molar-refractivity contribution in [3.8, 4) is 11.1 Å². The van der Waals surface area contributed by atoms with E-state index in [1.807, 2.05) is 7.05 Å². The average Bonchev–Trinajstić information content (AvgIpc) is 2.91. The van der Waals surface area contributed by atoms with Crippen LogP contribution in [0.5, 0.6) is 0 Å². The molecule has 1 N–H and O–H groups in total. The number of hydrogen-bond acceptors (Lipinski definition) is 3. The fraction of sp³-hybridized carbons (Fsp3) is 0.350. The molecule has 0 saturated heterocycles. The molecule has 0 amide bonds. The molecule has 3 heteroatoms. The van der Waals surface area contributed by atoms with Crippen molar-refractivity contribution >= 4 is 5.97 Å². The van der Waals surface area contributed by atoms with Crippen molar-refractivity contribution in [1.29, 1.82) is 0 Å². The Morgan fingerprint density at radius 3 is 2.22 bits per heavy atom. The third-order valence-corrected chi connectivity index (χ3v) is 4.43. The van der Waals surface area contributed by atoms with Gasteiger partial charge in [0.05, 0.1) is 0 Å². The first-order valence-corrected chi connectivity index (χ1v) is 8.29. The summed E-state index contributed by atoms with van der Waals surface area (Å²) in [6, 6.07) is 16.8. The molecule has 0 unspecified atom stereocenters. The maximum absolute atomic E-state index is 11.9. The molecule has 120 valence electrons. The van der Waals surface area contributed by atoms with Gasteiger partial charge < -0.3 is 10.1 Å². The van der Waals surface area contributed by atoms with Crippen molar-refractivity contribution in [3.63, 3.8) is 0 Å². The average molecular weight is 309 g/mol. The van der Waals surface area contributed by atoms with Crippen LogP contribution in [0.15, 0.2) is 48.5 Å². The van der Waals surface area contributed by atoms with Gasteiger partial charge in [-0.1, -0.05) is 48.5 Å². The van der Waals surface area contributed by atoms with Crippen LogP contribution in [0.4, 0.5) is 0 Å². The minimum absolute atomic E-state index is 0.0945. The minimum atomic E-state index is -0.0945. The highest BCUT2D eigenvalue weighted by Crippen LogP contribution is 2.44. The number of esters is 1. The van der Waals surface area contributed by atoms with Gasteiger partial charge in [-0.05, 0) is 48.7 Å². The molecular formula is C20H23NO2. The number of nitrogens with one attached hydrogen (secondary N) is 1. The van der Waals surface area contributed by atoms with Gasteiger partial charge in [0.2, 0.25) is 0 Å². The van der Waals surface area contributed by atoms with Crippen LogP contribution in [0.2, 0.25) is 0 Å². The fourth-order valence-electron chi connectivity index (χ4n) is 3.26. The smallest absolute Gasteiger partial charge is 0.305 e. The molecule has 1 aliphatic carbocycles. The molecule has 0 spiro atoms. The quantitative estimate of drug-likeness (QED) is 0.625. The van der Waals surface area contributed by atoms with Crippen LogP contribution in [-0.2, 0) is 9.53 Å². The first kappa shape index (κ1) is 15.8. The molecule has 0 aliphatic heterocycles. The van der Waals surface area contributed by atoms with Crippen molar-refractivity contribution in [3.05, 3.63) is 59.7 Å². The Balaban J connectivity index is 1.65. The Morgan fingerprint density at radius 1 is 1.00 bits per heavy atom. The molecule has 0 atom stereocenters. The molecule has 3 nitrogen and oxygen atoms in total. The first-order chi connectivity index (χ1) is 11.3. The summed E-state index contributed by atoms with van der Waals surface area (Å²) < 4.78 is 5.56. The minimum Gasteiger partial charge on any atom is -0.465 e. The predicted molar refractivity (Wildman–Crippen MR) is 92.5 cm³/mol. The summed E-state index contributed by atoms with van der Waals surface area (Å²) in [6.07, 6.45) is 2.37. The molecule has 0 radical (unpaired) electrons. The van der Waals surface area contributed by atoms with Crippen LogP contribution in [-0.4, -0.2) is 26.2 Å². The number of fused-ring (bicyclic) bond motifs is 3. The van der Waals surface area contributed by atoms with E-state index in [0.29, 0.717) is 13.0 Å². The van der Waals surface area contributed by atoms with Gasteiger partial charge in [0, 0.05) is 12.3 Å². The molecule has 1 aliphatic rings. The second kappa shape index (κ2) is 7.42. The highest BCUT2D eigenvalue weighted by atomic mass is 16.5. The largest absolute Gasteiger partial charge is 0.465 e. The van der Waals surface area contributed by atoms with Crippen molar-refractivity contribution in [2.45, 2.75) is 25.2 Å². The summed E-state index contributed by atoms with van der Waals surface area (Å²) in [5.41, 5.74) is 5.05. The van der Waals surface area contributed by atoms with Crippen LogP contribution in [0.3, 0.4) is 0 Å². The SMILES string of the molecule is CNCCCCC(=O)OCC1c2ccccc2-c2ccccc21. The second-order valence-electron chi connectivity index (χ2n) is 5.97. The maximum atomic E-state index is 11.9. The number of rotatable bonds is 7. The van der Waals surface area contributed by atoms with Gasteiger partial charge in [-0.3, -0.25) is 4.79 Å². The molecule has 2 aromatic rings. The molecule has 0 aromatic heterocycles. The Labute approximate surface area is 137 Å². The highest BCUT2D eigenvalue weighted by molar-refractivity contribution is 5.79. The number of hydrogen-bond donors (Lipinski definition) is 1. The number of ether oxygens (including phenoxy) is 1. The predicted octanol–water partition coefficient (Wildman–Crippen LogP) is 3.73. The molecule has 2 aromatic carbocycles. The molecule has 3 rings (SSSR count). The topological polar surface area (TPSA) is 38.3 Å². The van der Waals surface area contributed by atoms with E-state index >= 15 is 0 Å². The van der Waals surface area contributed by atoms with Crippen molar-refractivity contribution in [2.75, 3.05) is 20.2 Å². The van der Waals surface area contributed by atoms with E-state index < -0.39 is 0 Å². The third-order valence-electron chi connectivity index (χ3n) is 4.43. The van der Waals surface area contributed by atoms with E-state index in [1.54, 1.807) is 0 Å². The van der Waals surface area contributed by atoms with Crippen LogP contribution >= 0.6 is 0 Å². The van der Waals surface area contributed by atoms with E-state index in [1.165, 1.54) is 22.3 Å². The highest BCUT2D eigenvalue weighted by Gasteiger charge is 2.28. The number of carbonyl (C=O) groups excluding carboxylic acids is 1. The fourth-order valence-corrected chi connectivity index (χ4v) is 3.26. The second-order valence-corrected chi connectivity index (χ2v) is 5.97. The zero-order valence-corrected chi connectivity index (χ0v) is 13.5. The third kappa shape index (κ3) is 3.45. The summed E-state index contributed by atoms with van der Waals surface area (Å²) >= 11 is 0. The van der Waals surface area contributed by atoms with Crippen molar-refractivity contribution in [2.24, 2.45) is 0 Å². The van der Waals surface area contributed by atoms with E-state index in [9.17, 15) is 4.79 Å². The van der Waals surface area contributed by atoms with E-state index in [4.69, 9.17) is 4.74 Å². The first-order valence-electron chi connectivity index (χ1n) is 8.29. The van der Waals surface area contributed by atoms with Gasteiger partial charge in [0.15, 0.2) is 0 Å². The summed E-state index contributed by atoms with van der Waals surface area (Å²) in [5, 5.41) is 3.09. The Kier molecular flexibility index (Phi) is 5.09. The lowest BCUT2D eigenvalue weighted by atomic mass is 9.98. The summed E-state index contributed by atoms with van der Waals surface area (Å²) in [4.78, 5) is 11.9. The Hall–Kier alpha value is -2.13. The Bertz CT molecular complexity index is 635. The van der Waals surface area contributed by atoms with Gasteiger partial charge >= 0.3 is 5.97 Å². The zero-order valence-electron chi connectivity index (χ0n) is 13.5. The van der Waals surface area contributed by atoms with Crippen LogP contribution < -0.4 is 5.32 Å². The lowest BCUT2D eigenvalue weighted by Crippen LogP contribution is -2.13. The number of benzene rings is 2. The van der Waals surface area contributed by atoms with Gasteiger partial charge in [-0.2, -0.15) is 0 Å².